The third-order valence-corrected chi connectivity index (χ3v) is 8.02. The molecule has 0 aliphatic carbocycles. The summed E-state index contributed by atoms with van der Waals surface area (Å²) in [7, 11) is -3.80. The standard InChI is InChI=1S/C21H27NO5S2/c1-13-19(16(23)10-27-13)22-20(24)18(9-21(2,3)4)29(25,26)12-14-11-28-17-8-6-5-7-15(14)17/h5-8,11,13,18-19H,9-10,12H2,1-4H3,(H,22,24). The Morgan fingerprint density at radius 3 is 2.62 bits per heavy atom. The van der Waals surface area contributed by atoms with Crippen LogP contribution in [-0.2, 0) is 29.9 Å². The monoisotopic (exact) mass is 437 g/mol. The maximum absolute atomic E-state index is 13.3. The highest BCUT2D eigenvalue weighted by atomic mass is 32.2. The second kappa shape index (κ2) is 8.16. The van der Waals surface area contributed by atoms with Crippen LogP contribution in [0, 0.1) is 5.41 Å². The molecule has 2 heterocycles. The lowest BCUT2D eigenvalue weighted by Gasteiger charge is -2.26. The topological polar surface area (TPSA) is 89.5 Å². The maximum Gasteiger partial charge on any atom is 0.239 e. The van der Waals surface area contributed by atoms with Gasteiger partial charge in [-0.2, -0.15) is 0 Å². The molecule has 2 aromatic rings. The van der Waals surface area contributed by atoms with Crippen molar-refractivity contribution in [3.8, 4) is 0 Å². The first-order valence-corrected chi connectivity index (χ1v) is 12.2. The van der Waals surface area contributed by atoms with E-state index in [9.17, 15) is 18.0 Å². The van der Waals surface area contributed by atoms with Gasteiger partial charge in [0.2, 0.25) is 5.91 Å². The van der Waals surface area contributed by atoms with Crippen LogP contribution in [0.3, 0.4) is 0 Å². The molecule has 0 bridgehead atoms. The number of thiophene rings is 1. The van der Waals surface area contributed by atoms with E-state index in [1.165, 1.54) is 11.3 Å². The second-order valence-corrected chi connectivity index (χ2v) is 11.9. The third-order valence-electron chi connectivity index (χ3n) is 5.04. The van der Waals surface area contributed by atoms with Gasteiger partial charge in [-0.1, -0.05) is 39.0 Å². The van der Waals surface area contributed by atoms with Crippen LogP contribution in [-0.4, -0.2) is 44.1 Å². The smallest absolute Gasteiger partial charge is 0.239 e. The lowest BCUT2D eigenvalue weighted by Crippen LogP contribution is -2.50. The van der Waals surface area contributed by atoms with Gasteiger partial charge in [-0.05, 0) is 41.2 Å². The molecule has 3 atom stereocenters. The van der Waals surface area contributed by atoms with Gasteiger partial charge in [0.1, 0.15) is 17.9 Å². The number of fused-ring (bicyclic) bond motifs is 1. The highest BCUT2D eigenvalue weighted by molar-refractivity contribution is 7.92. The number of ether oxygens (including phenoxy) is 1. The van der Waals surface area contributed by atoms with Gasteiger partial charge in [0, 0.05) is 4.70 Å². The van der Waals surface area contributed by atoms with Crippen molar-refractivity contribution in [2.75, 3.05) is 6.61 Å². The summed E-state index contributed by atoms with van der Waals surface area (Å²) in [5.41, 5.74) is 0.319. The first kappa shape index (κ1) is 21.9. The Morgan fingerprint density at radius 1 is 1.31 bits per heavy atom. The molecule has 0 saturated carbocycles. The molecule has 3 unspecified atom stereocenters. The van der Waals surface area contributed by atoms with Crippen molar-refractivity contribution in [2.45, 2.75) is 57.3 Å². The van der Waals surface area contributed by atoms with Crippen LogP contribution in [0.5, 0.6) is 0 Å². The Morgan fingerprint density at radius 2 is 2.00 bits per heavy atom. The van der Waals surface area contributed by atoms with E-state index in [4.69, 9.17) is 4.74 Å². The Bertz CT molecular complexity index is 1020. The molecule has 8 heteroatoms. The number of amides is 1. The zero-order valence-electron chi connectivity index (χ0n) is 17.1. The Hall–Kier alpha value is -1.77. The van der Waals surface area contributed by atoms with E-state index in [0.717, 1.165) is 10.1 Å². The summed E-state index contributed by atoms with van der Waals surface area (Å²) >= 11 is 1.49. The van der Waals surface area contributed by atoms with Gasteiger partial charge in [0.05, 0.1) is 11.9 Å². The van der Waals surface area contributed by atoms with Gasteiger partial charge in [-0.3, -0.25) is 9.59 Å². The average Bonchev–Trinajstić information content (AvgIpc) is 3.17. The maximum atomic E-state index is 13.3. The summed E-state index contributed by atoms with van der Waals surface area (Å²) < 4.78 is 32.9. The lowest BCUT2D eigenvalue weighted by molar-refractivity contribution is -0.126. The summed E-state index contributed by atoms with van der Waals surface area (Å²) in [5, 5.41) is 4.13. The second-order valence-electron chi connectivity index (χ2n) is 8.79. The van der Waals surface area contributed by atoms with Gasteiger partial charge in [0.25, 0.3) is 0 Å². The van der Waals surface area contributed by atoms with Crippen molar-refractivity contribution in [1.29, 1.82) is 0 Å². The Labute approximate surface area is 175 Å². The SMILES string of the molecule is CC1OCC(=O)C1NC(=O)C(CC(C)(C)C)S(=O)(=O)Cc1csc2ccccc12. The van der Waals surface area contributed by atoms with Gasteiger partial charge >= 0.3 is 0 Å². The summed E-state index contributed by atoms with van der Waals surface area (Å²) in [6, 6.07) is 6.82. The molecule has 1 amide bonds. The first-order valence-electron chi connectivity index (χ1n) is 9.59. The molecule has 6 nitrogen and oxygen atoms in total. The van der Waals surface area contributed by atoms with Crippen LogP contribution in [0.2, 0.25) is 0 Å². The summed E-state index contributed by atoms with van der Waals surface area (Å²) in [6.07, 6.45) is -0.301. The van der Waals surface area contributed by atoms with Crippen LogP contribution in [0.25, 0.3) is 10.1 Å². The van der Waals surface area contributed by atoms with Crippen LogP contribution >= 0.6 is 11.3 Å². The van der Waals surface area contributed by atoms with E-state index in [-0.39, 0.29) is 30.0 Å². The number of carbonyl (C=O) groups excluding carboxylic acids is 2. The number of sulfone groups is 1. The zero-order chi connectivity index (χ0) is 21.4. The van der Waals surface area contributed by atoms with Gasteiger partial charge in [0.15, 0.2) is 15.6 Å². The first-order chi connectivity index (χ1) is 13.5. The number of rotatable bonds is 6. The van der Waals surface area contributed by atoms with Crippen molar-refractivity contribution in [3.05, 3.63) is 35.2 Å². The van der Waals surface area contributed by atoms with Crippen LogP contribution in [0.4, 0.5) is 0 Å². The van der Waals surface area contributed by atoms with Crippen LogP contribution in [0.1, 0.15) is 39.7 Å². The molecule has 1 saturated heterocycles. The average molecular weight is 438 g/mol. The van der Waals surface area contributed by atoms with Gasteiger partial charge in [-0.15, -0.1) is 11.3 Å². The molecule has 1 aromatic heterocycles. The zero-order valence-corrected chi connectivity index (χ0v) is 18.7. The van der Waals surface area contributed by atoms with Gasteiger partial charge < -0.3 is 10.1 Å². The lowest BCUT2D eigenvalue weighted by atomic mass is 9.90. The number of hydrogen-bond donors (Lipinski definition) is 1. The molecule has 158 valence electrons. The van der Waals surface area contributed by atoms with Gasteiger partial charge in [-0.25, -0.2) is 8.42 Å². The Kier molecular flexibility index (Phi) is 6.17. The minimum atomic E-state index is -3.80. The largest absolute Gasteiger partial charge is 0.368 e. The number of ketones is 1. The molecule has 1 aliphatic rings. The predicted molar refractivity (Wildman–Crippen MR) is 115 cm³/mol. The summed E-state index contributed by atoms with van der Waals surface area (Å²) in [6.45, 7) is 7.32. The molecule has 3 rings (SSSR count). The number of Topliss-reactive ketones (excluding diaryl/α,β-unsaturated/α-hetero) is 1. The number of hydrogen-bond acceptors (Lipinski definition) is 6. The van der Waals surface area contributed by atoms with Crippen LogP contribution < -0.4 is 5.32 Å². The number of nitrogens with one attached hydrogen (secondary N) is 1. The minimum absolute atomic E-state index is 0.0658. The molecule has 1 aromatic carbocycles. The summed E-state index contributed by atoms with van der Waals surface area (Å²) in [4.78, 5) is 25.0. The molecule has 1 N–H and O–H groups in total. The fourth-order valence-electron chi connectivity index (χ4n) is 3.51. The number of benzene rings is 1. The summed E-state index contributed by atoms with van der Waals surface area (Å²) in [5.74, 6) is -1.08. The predicted octanol–water partition coefficient (Wildman–Crippen LogP) is 3.09. The van der Waals surface area contributed by atoms with E-state index in [1.807, 2.05) is 50.4 Å². The minimum Gasteiger partial charge on any atom is -0.368 e. The van der Waals surface area contributed by atoms with Crippen molar-refractivity contribution in [3.63, 3.8) is 0 Å². The van der Waals surface area contributed by atoms with Crippen molar-refractivity contribution in [2.24, 2.45) is 5.41 Å². The molecular formula is C21H27NO5S2. The van der Waals surface area contributed by atoms with E-state index in [0.29, 0.717) is 5.56 Å². The van der Waals surface area contributed by atoms with Crippen molar-refractivity contribution in [1.82, 2.24) is 5.32 Å². The molecule has 1 aliphatic heterocycles. The fraction of sp³-hybridized carbons (Fsp3) is 0.524. The molecule has 0 radical (unpaired) electrons. The Balaban J connectivity index is 1.88. The van der Waals surface area contributed by atoms with E-state index < -0.39 is 33.1 Å². The number of carbonyl (C=O) groups is 2. The van der Waals surface area contributed by atoms with Crippen LogP contribution in [0.15, 0.2) is 29.6 Å². The normalized spacial score (nSPS) is 21.4. The fourth-order valence-corrected chi connectivity index (χ4v) is 6.60. The molecule has 29 heavy (non-hydrogen) atoms. The quantitative estimate of drug-likeness (QED) is 0.750. The van der Waals surface area contributed by atoms with E-state index in [1.54, 1.807) is 6.92 Å². The van der Waals surface area contributed by atoms with Crippen molar-refractivity contribution >= 4 is 43.0 Å². The van der Waals surface area contributed by atoms with Crippen molar-refractivity contribution < 1.29 is 22.7 Å². The van der Waals surface area contributed by atoms with E-state index >= 15 is 0 Å². The molecule has 0 spiro atoms. The third kappa shape index (κ3) is 5.05. The highest BCUT2D eigenvalue weighted by Gasteiger charge is 2.40. The molecule has 1 fully saturated rings. The highest BCUT2D eigenvalue weighted by Crippen LogP contribution is 2.31. The van der Waals surface area contributed by atoms with E-state index in [2.05, 4.69) is 5.32 Å². The molecular weight excluding hydrogens is 410 g/mol.